The van der Waals surface area contributed by atoms with Crippen LogP contribution in [0.2, 0.25) is 10.0 Å². The van der Waals surface area contributed by atoms with Gasteiger partial charge in [-0.3, -0.25) is 4.79 Å². The van der Waals surface area contributed by atoms with Gasteiger partial charge in [0.25, 0.3) is 5.91 Å². The maximum Gasteiger partial charge on any atom is 0.250 e. The highest BCUT2D eigenvalue weighted by atomic mass is 35.5. The van der Waals surface area contributed by atoms with E-state index < -0.39 is 11.7 Å². The van der Waals surface area contributed by atoms with Crippen LogP contribution in [0, 0.1) is 5.82 Å². The zero-order chi connectivity index (χ0) is 14.9. The number of anilines is 3. The van der Waals surface area contributed by atoms with Gasteiger partial charge in [0.2, 0.25) is 0 Å². The number of rotatable bonds is 3. The fourth-order valence-electron chi connectivity index (χ4n) is 1.69. The van der Waals surface area contributed by atoms with Crippen LogP contribution in [-0.2, 0) is 0 Å². The van der Waals surface area contributed by atoms with E-state index in [-0.39, 0.29) is 21.3 Å². The zero-order valence-corrected chi connectivity index (χ0v) is 11.6. The summed E-state index contributed by atoms with van der Waals surface area (Å²) in [6, 6.07) is 6.95. The number of hydrogen-bond acceptors (Lipinski definition) is 3. The molecule has 0 radical (unpaired) electrons. The summed E-state index contributed by atoms with van der Waals surface area (Å²) in [5.41, 5.74) is 12.1. The van der Waals surface area contributed by atoms with Crippen LogP contribution in [0.4, 0.5) is 21.5 Å². The molecule has 5 N–H and O–H groups in total. The van der Waals surface area contributed by atoms with Gasteiger partial charge in [-0.2, -0.15) is 0 Å². The number of nitrogen functional groups attached to an aromatic ring is 1. The number of amides is 1. The average molecular weight is 314 g/mol. The minimum Gasteiger partial charge on any atom is -0.396 e. The fourth-order valence-corrected chi connectivity index (χ4v) is 2.24. The number of nitrogens with one attached hydrogen (secondary N) is 1. The molecule has 0 aliphatic rings. The molecule has 2 rings (SSSR count). The van der Waals surface area contributed by atoms with Gasteiger partial charge in [-0.15, -0.1) is 0 Å². The first-order valence-electron chi connectivity index (χ1n) is 5.50. The number of para-hydroxylation sites is 1. The average Bonchev–Trinajstić information content (AvgIpc) is 2.35. The summed E-state index contributed by atoms with van der Waals surface area (Å²) in [6.45, 7) is 0. The van der Waals surface area contributed by atoms with Crippen molar-refractivity contribution in [3.8, 4) is 0 Å². The van der Waals surface area contributed by atoms with Crippen LogP contribution in [0.25, 0.3) is 0 Å². The molecule has 0 heterocycles. The molecule has 2 aromatic carbocycles. The van der Waals surface area contributed by atoms with Crippen molar-refractivity contribution in [2.75, 3.05) is 11.1 Å². The highest BCUT2D eigenvalue weighted by Gasteiger charge is 2.13. The molecule has 0 atom stereocenters. The minimum atomic E-state index is -0.651. The third kappa shape index (κ3) is 2.79. The van der Waals surface area contributed by atoms with Crippen molar-refractivity contribution < 1.29 is 9.18 Å². The predicted molar refractivity (Wildman–Crippen MR) is 79.1 cm³/mol. The Morgan fingerprint density at radius 2 is 1.80 bits per heavy atom. The molecular weight excluding hydrogens is 304 g/mol. The molecule has 2 aromatic rings. The third-order valence-electron chi connectivity index (χ3n) is 2.64. The lowest BCUT2D eigenvalue weighted by atomic mass is 10.1. The van der Waals surface area contributed by atoms with Gasteiger partial charge < -0.3 is 16.8 Å². The van der Waals surface area contributed by atoms with E-state index in [0.29, 0.717) is 11.4 Å². The molecule has 0 aliphatic carbocycles. The molecule has 7 heteroatoms. The number of carbonyl (C=O) groups is 1. The Labute approximate surface area is 124 Å². The first kappa shape index (κ1) is 14.4. The van der Waals surface area contributed by atoms with Crippen LogP contribution in [0.1, 0.15) is 10.4 Å². The van der Waals surface area contributed by atoms with E-state index in [2.05, 4.69) is 5.32 Å². The van der Waals surface area contributed by atoms with Gasteiger partial charge >= 0.3 is 0 Å². The van der Waals surface area contributed by atoms with E-state index >= 15 is 0 Å². The van der Waals surface area contributed by atoms with Crippen LogP contribution in [0.15, 0.2) is 30.3 Å². The van der Waals surface area contributed by atoms with Gasteiger partial charge in [-0.05, 0) is 24.3 Å². The Morgan fingerprint density at radius 1 is 1.20 bits per heavy atom. The van der Waals surface area contributed by atoms with Gasteiger partial charge in [0.1, 0.15) is 5.82 Å². The molecular formula is C13H10Cl2FN3O. The number of primary amides is 1. The summed E-state index contributed by atoms with van der Waals surface area (Å²) in [4.78, 5) is 11.2. The molecule has 0 unspecified atom stereocenters. The summed E-state index contributed by atoms with van der Waals surface area (Å²) < 4.78 is 13.1. The van der Waals surface area contributed by atoms with E-state index in [1.54, 1.807) is 12.1 Å². The van der Waals surface area contributed by atoms with E-state index in [0.717, 1.165) is 12.1 Å². The van der Waals surface area contributed by atoms with E-state index in [1.165, 1.54) is 6.07 Å². The van der Waals surface area contributed by atoms with Crippen molar-refractivity contribution in [3.63, 3.8) is 0 Å². The Bertz CT molecular complexity index is 668. The Morgan fingerprint density at radius 3 is 2.35 bits per heavy atom. The van der Waals surface area contributed by atoms with Crippen LogP contribution in [0.5, 0.6) is 0 Å². The first-order chi connectivity index (χ1) is 9.40. The second kappa shape index (κ2) is 5.56. The highest BCUT2D eigenvalue weighted by Crippen LogP contribution is 2.35. The van der Waals surface area contributed by atoms with Crippen molar-refractivity contribution in [2.24, 2.45) is 5.73 Å². The van der Waals surface area contributed by atoms with Gasteiger partial charge in [0, 0.05) is 0 Å². The lowest BCUT2D eigenvalue weighted by Gasteiger charge is -2.14. The second-order valence-corrected chi connectivity index (χ2v) is 4.81. The summed E-state index contributed by atoms with van der Waals surface area (Å²) in [5, 5.41) is 3.06. The zero-order valence-electron chi connectivity index (χ0n) is 10.1. The third-order valence-corrected chi connectivity index (χ3v) is 3.23. The first-order valence-corrected chi connectivity index (χ1v) is 6.25. The lowest BCUT2D eigenvalue weighted by Crippen LogP contribution is -2.14. The Balaban J connectivity index is 2.46. The molecule has 0 aliphatic heterocycles. The Kier molecular flexibility index (Phi) is 4.01. The smallest absolute Gasteiger partial charge is 0.250 e. The van der Waals surface area contributed by atoms with Crippen LogP contribution >= 0.6 is 23.2 Å². The minimum absolute atomic E-state index is 0.0962. The summed E-state index contributed by atoms with van der Waals surface area (Å²) in [7, 11) is 0. The number of nitrogens with two attached hydrogens (primary N) is 2. The number of hydrogen-bond donors (Lipinski definition) is 3. The predicted octanol–water partition coefficient (Wildman–Crippen LogP) is 3.56. The van der Waals surface area contributed by atoms with Gasteiger partial charge in [0.05, 0.1) is 32.7 Å². The van der Waals surface area contributed by atoms with Crippen molar-refractivity contribution in [1.82, 2.24) is 0 Å². The van der Waals surface area contributed by atoms with Crippen molar-refractivity contribution in [1.29, 1.82) is 0 Å². The standard InChI is InChI=1S/C13H10Cl2FN3O/c14-8-4-6(16)5-9(15)12(8)19-10-3-1-2-7(11(10)17)13(18)20/h1-5,19H,17H2,(H2,18,20). The topological polar surface area (TPSA) is 81.1 Å². The highest BCUT2D eigenvalue weighted by molar-refractivity contribution is 6.39. The number of benzene rings is 2. The maximum atomic E-state index is 13.1. The summed E-state index contributed by atoms with van der Waals surface area (Å²) >= 11 is 11.8. The van der Waals surface area contributed by atoms with Crippen molar-refractivity contribution in [2.45, 2.75) is 0 Å². The van der Waals surface area contributed by atoms with Crippen molar-refractivity contribution in [3.05, 3.63) is 51.8 Å². The van der Waals surface area contributed by atoms with E-state index in [9.17, 15) is 9.18 Å². The maximum absolute atomic E-state index is 13.1. The summed E-state index contributed by atoms with van der Waals surface area (Å²) in [5.74, 6) is -1.20. The number of halogens is 3. The van der Waals surface area contributed by atoms with Crippen LogP contribution < -0.4 is 16.8 Å². The fraction of sp³-hybridized carbons (Fsp3) is 0. The molecule has 1 amide bonds. The normalized spacial score (nSPS) is 10.3. The monoisotopic (exact) mass is 313 g/mol. The van der Waals surface area contributed by atoms with Crippen LogP contribution in [0.3, 0.4) is 0 Å². The molecule has 104 valence electrons. The molecule has 0 aromatic heterocycles. The molecule has 0 saturated heterocycles. The van der Waals surface area contributed by atoms with Gasteiger partial charge in [-0.25, -0.2) is 4.39 Å². The number of carbonyl (C=O) groups excluding carboxylic acids is 1. The molecule has 0 saturated carbocycles. The van der Waals surface area contributed by atoms with Crippen molar-refractivity contribution >= 4 is 46.2 Å². The summed E-state index contributed by atoms with van der Waals surface area (Å²) in [6.07, 6.45) is 0. The Hall–Kier alpha value is -1.98. The lowest BCUT2D eigenvalue weighted by molar-refractivity contribution is 0.100. The molecule has 0 spiro atoms. The van der Waals surface area contributed by atoms with E-state index in [4.69, 9.17) is 34.7 Å². The van der Waals surface area contributed by atoms with E-state index in [1.807, 2.05) is 0 Å². The molecule has 4 nitrogen and oxygen atoms in total. The van der Waals surface area contributed by atoms with Gasteiger partial charge in [0.15, 0.2) is 0 Å². The quantitative estimate of drug-likeness (QED) is 0.758. The molecule has 0 fully saturated rings. The second-order valence-electron chi connectivity index (χ2n) is 4.00. The molecule has 0 bridgehead atoms. The largest absolute Gasteiger partial charge is 0.396 e. The van der Waals surface area contributed by atoms with Gasteiger partial charge in [-0.1, -0.05) is 29.3 Å². The SMILES string of the molecule is NC(=O)c1cccc(Nc2c(Cl)cc(F)cc2Cl)c1N. The molecule has 20 heavy (non-hydrogen) atoms. The van der Waals surface area contributed by atoms with Crippen LogP contribution in [-0.4, -0.2) is 5.91 Å².